The van der Waals surface area contributed by atoms with Gasteiger partial charge in [0, 0.05) is 5.56 Å². The summed E-state index contributed by atoms with van der Waals surface area (Å²) in [5, 5.41) is 8.41. The number of hydrogen-bond acceptors (Lipinski definition) is 1. The molecular weight excluding hydrogens is 259 g/mol. The van der Waals surface area contributed by atoms with E-state index in [1.165, 1.54) is 6.92 Å². The summed E-state index contributed by atoms with van der Waals surface area (Å²) in [5.74, 6) is -7.24. The molecule has 0 aliphatic heterocycles. The number of aryl methyl sites for hydroxylation is 1. The first-order valence-electron chi connectivity index (χ1n) is 4.87. The molecule has 0 aliphatic rings. The molecule has 1 unspecified atom stereocenters. The van der Waals surface area contributed by atoms with Crippen LogP contribution in [0.3, 0.4) is 0 Å². The van der Waals surface area contributed by atoms with Gasteiger partial charge in [-0.3, -0.25) is 4.79 Å². The molecule has 0 fully saturated rings. The molecule has 1 aromatic carbocycles. The molecule has 1 N–H and O–H groups in total. The number of carboxylic acids is 1. The zero-order valence-electron chi connectivity index (χ0n) is 9.18. The van der Waals surface area contributed by atoms with E-state index in [0.29, 0.717) is 6.07 Å². The Kier molecular flexibility index (Phi) is 3.93. The lowest BCUT2D eigenvalue weighted by atomic mass is 9.92. The van der Waals surface area contributed by atoms with Crippen LogP contribution in [-0.2, 0) is 4.79 Å². The lowest BCUT2D eigenvalue weighted by Crippen LogP contribution is -2.26. The molecule has 2 nitrogen and oxygen atoms in total. The van der Waals surface area contributed by atoms with Crippen LogP contribution in [0.25, 0.3) is 0 Å². The lowest BCUT2D eigenvalue weighted by Gasteiger charge is -2.20. The summed E-state index contributed by atoms with van der Waals surface area (Å²) in [4.78, 5) is 10.4. The number of carbonyl (C=O) groups is 1. The van der Waals surface area contributed by atoms with Crippen LogP contribution in [0.15, 0.2) is 12.1 Å². The van der Waals surface area contributed by atoms with Gasteiger partial charge in [0.1, 0.15) is 11.6 Å². The first kappa shape index (κ1) is 14.4. The van der Waals surface area contributed by atoms with Crippen molar-refractivity contribution in [2.45, 2.75) is 25.4 Å². The van der Waals surface area contributed by atoms with E-state index in [9.17, 15) is 26.7 Å². The second-order valence-electron chi connectivity index (χ2n) is 3.78. The van der Waals surface area contributed by atoms with Crippen LogP contribution in [0.1, 0.15) is 23.5 Å². The summed E-state index contributed by atoms with van der Waals surface area (Å²) in [5.41, 5.74) is -1.42. The van der Waals surface area contributed by atoms with Gasteiger partial charge in [0.25, 0.3) is 0 Å². The molecule has 0 heterocycles. The SMILES string of the molecule is Cc1ccc(F)c(C(CC(=O)O)C(F)(F)F)c1F. The van der Waals surface area contributed by atoms with E-state index >= 15 is 0 Å². The number of carboxylic acid groups (broad SMARTS) is 1. The highest BCUT2D eigenvalue weighted by atomic mass is 19.4. The van der Waals surface area contributed by atoms with E-state index in [-0.39, 0.29) is 5.56 Å². The summed E-state index contributed by atoms with van der Waals surface area (Å²) in [7, 11) is 0. The van der Waals surface area contributed by atoms with E-state index < -0.39 is 41.7 Å². The number of aliphatic carboxylic acids is 1. The van der Waals surface area contributed by atoms with Crippen LogP contribution in [0.2, 0.25) is 0 Å². The minimum Gasteiger partial charge on any atom is -0.481 e. The topological polar surface area (TPSA) is 37.3 Å². The third-order valence-corrected chi connectivity index (χ3v) is 2.44. The van der Waals surface area contributed by atoms with Crippen molar-refractivity contribution in [2.24, 2.45) is 0 Å². The zero-order valence-corrected chi connectivity index (χ0v) is 9.18. The van der Waals surface area contributed by atoms with Crippen molar-refractivity contribution in [3.8, 4) is 0 Å². The summed E-state index contributed by atoms with van der Waals surface area (Å²) >= 11 is 0. The molecule has 0 aromatic heterocycles. The van der Waals surface area contributed by atoms with Crippen LogP contribution in [0.5, 0.6) is 0 Å². The largest absolute Gasteiger partial charge is 0.481 e. The Morgan fingerprint density at radius 2 is 1.89 bits per heavy atom. The second kappa shape index (κ2) is 4.91. The molecule has 1 atom stereocenters. The van der Waals surface area contributed by atoms with Gasteiger partial charge in [-0.2, -0.15) is 13.2 Å². The quantitative estimate of drug-likeness (QED) is 0.853. The smallest absolute Gasteiger partial charge is 0.396 e. The van der Waals surface area contributed by atoms with Crippen molar-refractivity contribution in [1.29, 1.82) is 0 Å². The molecule has 1 rings (SSSR count). The summed E-state index contributed by atoms with van der Waals surface area (Å²) in [6.07, 6.45) is -6.45. The molecule has 7 heteroatoms. The minimum atomic E-state index is -5.03. The van der Waals surface area contributed by atoms with Gasteiger partial charge in [-0.1, -0.05) is 6.07 Å². The van der Waals surface area contributed by atoms with Gasteiger partial charge in [-0.25, -0.2) is 8.78 Å². The zero-order chi connectivity index (χ0) is 14.1. The molecule has 100 valence electrons. The summed E-state index contributed by atoms with van der Waals surface area (Å²) < 4.78 is 64.9. The van der Waals surface area contributed by atoms with E-state index in [2.05, 4.69) is 0 Å². The number of alkyl halides is 3. The van der Waals surface area contributed by atoms with Crippen LogP contribution in [0, 0.1) is 18.6 Å². The molecular formula is C11H9F5O2. The molecule has 0 saturated heterocycles. The standard InChI is InChI=1S/C11H9F5O2/c1-5-2-3-7(12)9(10(5)13)6(4-8(17)18)11(14,15)16/h2-3,6H,4H2,1H3,(H,17,18). The van der Waals surface area contributed by atoms with E-state index in [1.807, 2.05) is 0 Å². The fraction of sp³-hybridized carbons (Fsp3) is 0.364. The maximum absolute atomic E-state index is 13.6. The van der Waals surface area contributed by atoms with Crippen molar-refractivity contribution in [3.63, 3.8) is 0 Å². The van der Waals surface area contributed by atoms with Crippen molar-refractivity contribution in [1.82, 2.24) is 0 Å². The third kappa shape index (κ3) is 2.96. The number of hydrogen-bond donors (Lipinski definition) is 1. The Balaban J connectivity index is 3.38. The number of benzene rings is 1. The van der Waals surface area contributed by atoms with Gasteiger partial charge in [0.2, 0.25) is 0 Å². The Bertz CT molecular complexity index is 467. The van der Waals surface area contributed by atoms with Crippen LogP contribution < -0.4 is 0 Å². The second-order valence-corrected chi connectivity index (χ2v) is 3.78. The molecule has 0 radical (unpaired) electrons. The van der Waals surface area contributed by atoms with Gasteiger partial charge in [0.15, 0.2) is 0 Å². The molecule has 1 aromatic rings. The Morgan fingerprint density at radius 3 is 2.33 bits per heavy atom. The molecule has 0 aliphatic carbocycles. The number of rotatable bonds is 3. The van der Waals surface area contributed by atoms with E-state index in [4.69, 9.17) is 5.11 Å². The predicted octanol–water partition coefficient (Wildman–Crippen LogP) is 3.39. The monoisotopic (exact) mass is 268 g/mol. The van der Waals surface area contributed by atoms with E-state index in [1.54, 1.807) is 0 Å². The first-order valence-corrected chi connectivity index (χ1v) is 4.87. The average molecular weight is 268 g/mol. The maximum atomic E-state index is 13.6. The Labute approximate surface area is 99.0 Å². The van der Waals surface area contributed by atoms with Gasteiger partial charge in [0.05, 0.1) is 12.3 Å². The van der Waals surface area contributed by atoms with Crippen molar-refractivity contribution < 1.29 is 31.9 Å². The molecule has 0 bridgehead atoms. The molecule has 0 spiro atoms. The maximum Gasteiger partial charge on any atom is 0.396 e. The Hall–Kier alpha value is -1.66. The predicted molar refractivity (Wildman–Crippen MR) is 52.1 cm³/mol. The number of halogens is 5. The highest BCUT2D eigenvalue weighted by molar-refractivity contribution is 5.68. The van der Waals surface area contributed by atoms with Crippen LogP contribution in [-0.4, -0.2) is 17.3 Å². The van der Waals surface area contributed by atoms with Crippen molar-refractivity contribution >= 4 is 5.97 Å². The lowest BCUT2D eigenvalue weighted by molar-refractivity contribution is -0.164. The third-order valence-electron chi connectivity index (χ3n) is 2.44. The summed E-state index contributed by atoms with van der Waals surface area (Å²) in [6.45, 7) is 1.17. The minimum absolute atomic E-state index is 0.175. The first-order chi connectivity index (χ1) is 8.14. The highest BCUT2D eigenvalue weighted by Gasteiger charge is 2.45. The molecule has 0 saturated carbocycles. The van der Waals surface area contributed by atoms with Crippen molar-refractivity contribution in [2.75, 3.05) is 0 Å². The molecule has 0 amide bonds. The summed E-state index contributed by atoms with van der Waals surface area (Å²) in [6, 6.07) is 1.68. The fourth-order valence-electron chi connectivity index (χ4n) is 1.55. The van der Waals surface area contributed by atoms with Gasteiger partial charge in [-0.15, -0.1) is 0 Å². The van der Waals surface area contributed by atoms with E-state index in [0.717, 1.165) is 6.07 Å². The van der Waals surface area contributed by atoms with Gasteiger partial charge < -0.3 is 5.11 Å². The van der Waals surface area contributed by atoms with Gasteiger partial charge in [-0.05, 0) is 18.6 Å². The Morgan fingerprint density at radius 1 is 1.33 bits per heavy atom. The van der Waals surface area contributed by atoms with Gasteiger partial charge >= 0.3 is 12.1 Å². The van der Waals surface area contributed by atoms with Crippen LogP contribution in [0.4, 0.5) is 22.0 Å². The van der Waals surface area contributed by atoms with Crippen LogP contribution >= 0.6 is 0 Å². The molecule has 18 heavy (non-hydrogen) atoms. The fourth-order valence-corrected chi connectivity index (χ4v) is 1.55. The van der Waals surface area contributed by atoms with Crippen molar-refractivity contribution in [3.05, 3.63) is 34.9 Å². The normalized spacial score (nSPS) is 13.4. The highest BCUT2D eigenvalue weighted by Crippen LogP contribution is 2.40. The average Bonchev–Trinajstić information content (AvgIpc) is 2.21.